The Morgan fingerprint density at radius 3 is 2.85 bits per heavy atom. The maximum Gasteiger partial charge on any atom is 0.335 e. The Morgan fingerprint density at radius 2 is 2.20 bits per heavy atom. The smallest absolute Gasteiger partial charge is 0.335 e. The molecule has 0 unspecified atom stereocenters. The van der Waals surface area contributed by atoms with Crippen molar-refractivity contribution >= 4 is 11.9 Å². The van der Waals surface area contributed by atoms with Gasteiger partial charge in [0, 0.05) is 6.54 Å². The van der Waals surface area contributed by atoms with Gasteiger partial charge in [-0.15, -0.1) is 5.10 Å². The molecule has 1 amide bonds. The maximum atomic E-state index is 11.7. The molecule has 1 heterocycles. The van der Waals surface area contributed by atoms with E-state index in [9.17, 15) is 9.59 Å². The van der Waals surface area contributed by atoms with Crippen molar-refractivity contribution in [1.82, 2.24) is 20.5 Å². The summed E-state index contributed by atoms with van der Waals surface area (Å²) in [6, 6.07) is 6.61. The highest BCUT2D eigenvalue weighted by Gasteiger charge is 2.10. The van der Waals surface area contributed by atoms with E-state index in [1.165, 1.54) is 6.07 Å². The third-order valence-corrected chi connectivity index (χ3v) is 2.67. The summed E-state index contributed by atoms with van der Waals surface area (Å²) in [6.07, 6.45) is 0.538. The predicted molar refractivity (Wildman–Crippen MR) is 70.6 cm³/mol. The molecule has 0 radical (unpaired) electrons. The molecule has 2 rings (SSSR count). The molecular formula is C13H14N4O3. The number of rotatable bonds is 5. The van der Waals surface area contributed by atoms with Gasteiger partial charge in [0.15, 0.2) is 0 Å². The zero-order chi connectivity index (χ0) is 14.5. The number of aromatic carboxylic acids is 1. The predicted octanol–water partition coefficient (Wildman–Crippen LogP) is 0.784. The van der Waals surface area contributed by atoms with Gasteiger partial charge < -0.3 is 10.4 Å². The number of aromatic amines is 1. The van der Waals surface area contributed by atoms with E-state index < -0.39 is 5.97 Å². The van der Waals surface area contributed by atoms with Crippen molar-refractivity contribution in [3.05, 3.63) is 47.0 Å². The second-order valence-electron chi connectivity index (χ2n) is 4.26. The van der Waals surface area contributed by atoms with E-state index in [1.54, 1.807) is 19.1 Å². The number of aryl methyl sites for hydroxylation is 1. The average molecular weight is 274 g/mol. The van der Waals surface area contributed by atoms with E-state index in [0.29, 0.717) is 18.8 Å². The highest BCUT2D eigenvalue weighted by Crippen LogP contribution is 2.05. The molecule has 0 aliphatic heterocycles. The highest BCUT2D eigenvalue weighted by atomic mass is 16.4. The van der Waals surface area contributed by atoms with Crippen molar-refractivity contribution in [2.75, 3.05) is 6.54 Å². The van der Waals surface area contributed by atoms with Gasteiger partial charge in [-0.3, -0.25) is 9.89 Å². The van der Waals surface area contributed by atoms with Crippen LogP contribution in [0.25, 0.3) is 0 Å². The van der Waals surface area contributed by atoms with Crippen molar-refractivity contribution in [2.45, 2.75) is 13.3 Å². The second-order valence-corrected chi connectivity index (χ2v) is 4.26. The van der Waals surface area contributed by atoms with Crippen LogP contribution >= 0.6 is 0 Å². The molecule has 0 aliphatic carbocycles. The third kappa shape index (κ3) is 3.41. The lowest BCUT2D eigenvalue weighted by Gasteiger charge is -2.04. The monoisotopic (exact) mass is 274 g/mol. The topological polar surface area (TPSA) is 108 Å². The molecular weight excluding hydrogens is 260 g/mol. The van der Waals surface area contributed by atoms with Crippen molar-refractivity contribution in [3.63, 3.8) is 0 Å². The SMILES string of the molecule is Cc1nc(C(=O)NCCc2cccc(C(=O)O)c2)n[nH]1. The van der Waals surface area contributed by atoms with Gasteiger partial charge in [-0.05, 0) is 31.0 Å². The lowest BCUT2D eigenvalue weighted by atomic mass is 10.1. The Morgan fingerprint density at radius 1 is 1.40 bits per heavy atom. The van der Waals surface area contributed by atoms with E-state index in [1.807, 2.05) is 6.07 Å². The van der Waals surface area contributed by atoms with Gasteiger partial charge in [0.25, 0.3) is 5.91 Å². The van der Waals surface area contributed by atoms with E-state index in [-0.39, 0.29) is 17.3 Å². The summed E-state index contributed by atoms with van der Waals surface area (Å²) in [5.74, 6) is -0.651. The summed E-state index contributed by atoms with van der Waals surface area (Å²) in [5, 5.41) is 17.9. The first-order chi connectivity index (χ1) is 9.56. The minimum atomic E-state index is -0.966. The Bertz CT molecular complexity index is 636. The number of H-pyrrole nitrogens is 1. The number of carboxylic acids is 1. The first-order valence-corrected chi connectivity index (χ1v) is 6.05. The average Bonchev–Trinajstić information content (AvgIpc) is 2.86. The molecule has 1 aromatic heterocycles. The largest absolute Gasteiger partial charge is 0.478 e. The minimum absolute atomic E-state index is 0.0989. The summed E-state index contributed by atoms with van der Waals surface area (Å²) in [4.78, 5) is 26.4. The van der Waals surface area contributed by atoms with Crippen LogP contribution in [0, 0.1) is 6.92 Å². The number of amides is 1. The zero-order valence-corrected chi connectivity index (χ0v) is 10.9. The number of carboxylic acid groups (broad SMARTS) is 1. The van der Waals surface area contributed by atoms with Gasteiger partial charge in [-0.1, -0.05) is 12.1 Å². The highest BCUT2D eigenvalue weighted by molar-refractivity contribution is 5.90. The molecule has 20 heavy (non-hydrogen) atoms. The standard InChI is InChI=1S/C13H14N4O3/c1-8-15-11(17-16-8)12(18)14-6-5-9-3-2-4-10(7-9)13(19)20/h2-4,7H,5-6H2,1H3,(H,14,18)(H,19,20)(H,15,16,17). The molecule has 2 aromatic rings. The van der Waals surface area contributed by atoms with E-state index >= 15 is 0 Å². The first-order valence-electron chi connectivity index (χ1n) is 6.05. The molecule has 0 atom stereocenters. The molecule has 0 fully saturated rings. The van der Waals surface area contributed by atoms with Crippen molar-refractivity contribution in [2.24, 2.45) is 0 Å². The Hall–Kier alpha value is -2.70. The summed E-state index contributed by atoms with van der Waals surface area (Å²) >= 11 is 0. The molecule has 0 aliphatic rings. The van der Waals surface area contributed by atoms with Crippen molar-refractivity contribution in [1.29, 1.82) is 0 Å². The summed E-state index contributed by atoms with van der Waals surface area (Å²) in [7, 11) is 0. The van der Waals surface area contributed by atoms with Crippen LogP contribution in [0.2, 0.25) is 0 Å². The second kappa shape index (κ2) is 5.96. The van der Waals surface area contributed by atoms with Crippen molar-refractivity contribution < 1.29 is 14.7 Å². The van der Waals surface area contributed by atoms with Gasteiger partial charge in [0.1, 0.15) is 5.82 Å². The first kappa shape index (κ1) is 13.7. The number of nitrogens with one attached hydrogen (secondary N) is 2. The number of benzene rings is 1. The normalized spacial score (nSPS) is 10.2. The number of aromatic nitrogens is 3. The number of hydrogen-bond acceptors (Lipinski definition) is 4. The fraction of sp³-hybridized carbons (Fsp3) is 0.231. The van der Waals surface area contributed by atoms with Gasteiger partial charge >= 0.3 is 5.97 Å². The Labute approximate surface area is 115 Å². The number of hydrogen-bond donors (Lipinski definition) is 3. The quantitative estimate of drug-likeness (QED) is 0.746. The van der Waals surface area contributed by atoms with Crippen LogP contribution in [-0.2, 0) is 6.42 Å². The van der Waals surface area contributed by atoms with Crippen LogP contribution < -0.4 is 5.32 Å². The fourth-order valence-corrected chi connectivity index (χ4v) is 1.70. The number of nitrogens with zero attached hydrogens (tertiary/aromatic N) is 2. The Kier molecular flexibility index (Phi) is 4.09. The molecule has 7 heteroatoms. The maximum absolute atomic E-state index is 11.7. The van der Waals surface area contributed by atoms with Crippen LogP contribution in [-0.4, -0.2) is 38.7 Å². The molecule has 7 nitrogen and oxygen atoms in total. The van der Waals surface area contributed by atoms with E-state index in [0.717, 1.165) is 5.56 Å². The van der Waals surface area contributed by atoms with Gasteiger partial charge in [0.05, 0.1) is 5.56 Å². The molecule has 0 saturated heterocycles. The molecule has 1 aromatic carbocycles. The van der Waals surface area contributed by atoms with Crippen LogP contribution in [0.3, 0.4) is 0 Å². The summed E-state index contributed by atoms with van der Waals surface area (Å²) < 4.78 is 0. The van der Waals surface area contributed by atoms with Crippen molar-refractivity contribution in [3.8, 4) is 0 Å². The summed E-state index contributed by atoms with van der Waals surface area (Å²) in [6.45, 7) is 2.09. The third-order valence-electron chi connectivity index (χ3n) is 2.67. The number of carbonyl (C=O) groups is 2. The molecule has 104 valence electrons. The van der Waals surface area contributed by atoms with Gasteiger partial charge in [-0.25, -0.2) is 9.78 Å². The van der Waals surface area contributed by atoms with Crippen LogP contribution in [0.4, 0.5) is 0 Å². The lowest BCUT2D eigenvalue weighted by Crippen LogP contribution is -2.26. The molecule has 0 spiro atoms. The van der Waals surface area contributed by atoms with Gasteiger partial charge in [0.2, 0.25) is 5.82 Å². The van der Waals surface area contributed by atoms with Gasteiger partial charge in [-0.2, -0.15) is 0 Å². The van der Waals surface area contributed by atoms with E-state index in [4.69, 9.17) is 5.11 Å². The van der Waals surface area contributed by atoms with Crippen LogP contribution in [0.1, 0.15) is 32.4 Å². The van der Waals surface area contributed by atoms with Crippen LogP contribution in [0.5, 0.6) is 0 Å². The van der Waals surface area contributed by atoms with Crippen LogP contribution in [0.15, 0.2) is 24.3 Å². The zero-order valence-electron chi connectivity index (χ0n) is 10.9. The number of carbonyl (C=O) groups excluding carboxylic acids is 1. The van der Waals surface area contributed by atoms with E-state index in [2.05, 4.69) is 20.5 Å². The molecule has 0 saturated carbocycles. The minimum Gasteiger partial charge on any atom is -0.478 e. The molecule has 0 bridgehead atoms. The summed E-state index contributed by atoms with van der Waals surface area (Å²) in [5.41, 5.74) is 1.08. The molecule has 3 N–H and O–H groups in total. The lowest BCUT2D eigenvalue weighted by molar-refractivity contribution is 0.0696. The fourth-order valence-electron chi connectivity index (χ4n) is 1.70. The Balaban J connectivity index is 1.88.